The smallest absolute Gasteiger partial charge is 0.124 e. The largest absolute Gasteiger partial charge is 0.508 e. The zero-order valence-electron chi connectivity index (χ0n) is 9.94. The maximum atomic E-state index is 9.66. The zero-order valence-corrected chi connectivity index (χ0v) is 10.7. The second-order valence-corrected chi connectivity index (χ2v) is 4.48. The number of nitrogens with one attached hydrogen (secondary N) is 1. The van der Waals surface area contributed by atoms with Crippen LogP contribution in [0.15, 0.2) is 36.4 Å². The number of halogens is 1. The Bertz CT molecular complexity index is 570. The molecule has 0 aliphatic heterocycles. The summed E-state index contributed by atoms with van der Waals surface area (Å²) in [6.45, 7) is 2.38. The average molecular weight is 264 g/mol. The predicted octanol–water partition coefficient (Wildman–Crippen LogP) is 3.67. The first-order valence-corrected chi connectivity index (χ1v) is 5.95. The van der Waals surface area contributed by atoms with Gasteiger partial charge in [0.05, 0.1) is 10.7 Å². The third-order valence-corrected chi connectivity index (χ3v) is 3.23. The summed E-state index contributed by atoms with van der Waals surface area (Å²) in [6.07, 6.45) is 0. The molecule has 0 saturated heterocycles. The van der Waals surface area contributed by atoms with Gasteiger partial charge in [0.1, 0.15) is 11.5 Å². The first-order valence-electron chi connectivity index (χ1n) is 5.58. The highest BCUT2D eigenvalue weighted by atomic mass is 35.5. The van der Waals surface area contributed by atoms with Crippen molar-refractivity contribution in [1.29, 1.82) is 0 Å². The lowest BCUT2D eigenvalue weighted by Gasteiger charge is -2.11. The first-order chi connectivity index (χ1) is 8.58. The molecule has 2 aromatic rings. The molecule has 0 aromatic heterocycles. The quantitative estimate of drug-likeness (QED) is 0.792. The van der Waals surface area contributed by atoms with Crippen molar-refractivity contribution in [2.45, 2.75) is 13.5 Å². The highest BCUT2D eigenvalue weighted by Gasteiger charge is 2.05. The van der Waals surface area contributed by atoms with Crippen LogP contribution in [0, 0.1) is 6.92 Å². The average Bonchev–Trinajstić information content (AvgIpc) is 2.33. The van der Waals surface area contributed by atoms with E-state index in [1.165, 1.54) is 12.1 Å². The molecule has 0 amide bonds. The Kier molecular flexibility index (Phi) is 3.63. The van der Waals surface area contributed by atoms with Crippen molar-refractivity contribution in [2.24, 2.45) is 0 Å². The van der Waals surface area contributed by atoms with Crippen molar-refractivity contribution in [1.82, 2.24) is 0 Å². The topological polar surface area (TPSA) is 52.5 Å². The lowest BCUT2D eigenvalue weighted by Crippen LogP contribution is -2.00. The summed E-state index contributed by atoms with van der Waals surface area (Å²) in [6, 6.07) is 10.3. The van der Waals surface area contributed by atoms with Gasteiger partial charge in [-0.05, 0) is 30.7 Å². The van der Waals surface area contributed by atoms with Crippen LogP contribution >= 0.6 is 11.6 Å². The molecule has 18 heavy (non-hydrogen) atoms. The normalized spacial score (nSPS) is 10.3. The summed E-state index contributed by atoms with van der Waals surface area (Å²) in [7, 11) is 0. The molecule has 3 N–H and O–H groups in total. The molecule has 0 heterocycles. The molecule has 0 unspecified atom stereocenters. The molecule has 0 aliphatic rings. The Morgan fingerprint density at radius 2 is 1.94 bits per heavy atom. The molecule has 94 valence electrons. The minimum Gasteiger partial charge on any atom is -0.508 e. The molecule has 0 fully saturated rings. The first kappa shape index (κ1) is 12.6. The van der Waals surface area contributed by atoms with Crippen molar-refractivity contribution in [3.8, 4) is 11.5 Å². The Balaban J connectivity index is 2.14. The van der Waals surface area contributed by atoms with Gasteiger partial charge in [-0.1, -0.05) is 23.7 Å². The van der Waals surface area contributed by atoms with E-state index in [1.54, 1.807) is 6.07 Å². The van der Waals surface area contributed by atoms with Gasteiger partial charge in [-0.15, -0.1) is 0 Å². The maximum absolute atomic E-state index is 9.66. The number of hydrogen-bond donors (Lipinski definition) is 3. The molecule has 0 bridgehead atoms. The molecule has 3 nitrogen and oxygen atoms in total. The lowest BCUT2D eigenvalue weighted by atomic mass is 10.1. The van der Waals surface area contributed by atoms with Crippen LogP contribution in [-0.2, 0) is 6.54 Å². The number of benzene rings is 2. The molecule has 4 heteroatoms. The van der Waals surface area contributed by atoms with Gasteiger partial charge in [0, 0.05) is 18.2 Å². The number of hydrogen-bond acceptors (Lipinski definition) is 3. The summed E-state index contributed by atoms with van der Waals surface area (Å²) in [4.78, 5) is 0. The van der Waals surface area contributed by atoms with Crippen LogP contribution in [-0.4, -0.2) is 10.2 Å². The summed E-state index contributed by atoms with van der Waals surface area (Å²) in [5.74, 6) is 0.108. The van der Waals surface area contributed by atoms with Crippen molar-refractivity contribution in [2.75, 3.05) is 5.32 Å². The molecule has 0 aliphatic carbocycles. The van der Waals surface area contributed by atoms with Gasteiger partial charge in [0.15, 0.2) is 0 Å². The van der Waals surface area contributed by atoms with Gasteiger partial charge >= 0.3 is 0 Å². The minimum atomic E-state index is 0.0461. The number of phenolic OH excluding ortho intramolecular Hbond substituents is 2. The van der Waals surface area contributed by atoms with Crippen molar-refractivity contribution < 1.29 is 10.2 Å². The van der Waals surface area contributed by atoms with Crippen LogP contribution in [0.2, 0.25) is 5.02 Å². The Morgan fingerprint density at radius 1 is 1.17 bits per heavy atom. The van der Waals surface area contributed by atoms with E-state index in [2.05, 4.69) is 5.32 Å². The van der Waals surface area contributed by atoms with Gasteiger partial charge in [0.2, 0.25) is 0 Å². The van der Waals surface area contributed by atoms with Gasteiger partial charge in [0.25, 0.3) is 0 Å². The van der Waals surface area contributed by atoms with E-state index in [0.29, 0.717) is 17.1 Å². The highest BCUT2D eigenvalue weighted by molar-refractivity contribution is 6.33. The Labute approximate surface area is 111 Å². The van der Waals surface area contributed by atoms with E-state index in [4.69, 9.17) is 11.6 Å². The van der Waals surface area contributed by atoms with Crippen LogP contribution in [0.5, 0.6) is 11.5 Å². The van der Waals surface area contributed by atoms with Crippen LogP contribution in [0.4, 0.5) is 5.69 Å². The van der Waals surface area contributed by atoms with E-state index in [9.17, 15) is 10.2 Å². The number of phenols is 2. The van der Waals surface area contributed by atoms with Gasteiger partial charge in [-0.25, -0.2) is 0 Å². The van der Waals surface area contributed by atoms with E-state index in [0.717, 1.165) is 11.3 Å². The van der Waals surface area contributed by atoms with Crippen LogP contribution < -0.4 is 5.32 Å². The second kappa shape index (κ2) is 5.19. The van der Waals surface area contributed by atoms with Crippen LogP contribution in [0.3, 0.4) is 0 Å². The summed E-state index contributed by atoms with van der Waals surface area (Å²) >= 11 is 6.16. The van der Waals surface area contributed by atoms with E-state index in [1.807, 2.05) is 25.1 Å². The predicted molar refractivity (Wildman–Crippen MR) is 73.3 cm³/mol. The highest BCUT2D eigenvalue weighted by Crippen LogP contribution is 2.27. The van der Waals surface area contributed by atoms with Crippen molar-refractivity contribution >= 4 is 17.3 Å². The number of anilines is 1. The third-order valence-electron chi connectivity index (χ3n) is 2.73. The van der Waals surface area contributed by atoms with Gasteiger partial charge in [-0.3, -0.25) is 0 Å². The molecule has 0 radical (unpaired) electrons. The molecular weight excluding hydrogens is 250 g/mol. The maximum Gasteiger partial charge on any atom is 0.124 e. The van der Waals surface area contributed by atoms with Gasteiger partial charge in [-0.2, -0.15) is 0 Å². The summed E-state index contributed by atoms with van der Waals surface area (Å²) < 4.78 is 0. The second-order valence-electron chi connectivity index (χ2n) is 4.10. The van der Waals surface area contributed by atoms with Gasteiger partial charge < -0.3 is 15.5 Å². The third kappa shape index (κ3) is 2.68. The monoisotopic (exact) mass is 263 g/mol. The fraction of sp³-hybridized carbons (Fsp3) is 0.143. The van der Waals surface area contributed by atoms with E-state index >= 15 is 0 Å². The molecule has 0 atom stereocenters. The number of aromatic hydroxyl groups is 2. The zero-order chi connectivity index (χ0) is 13.1. The standard InChI is InChI=1S/C14H14ClNO2/c1-9-3-2-4-12(14(9)15)16-8-10-5-6-11(17)7-13(10)18/h2-7,16-18H,8H2,1H3. The fourth-order valence-corrected chi connectivity index (χ4v) is 1.87. The molecule has 0 saturated carbocycles. The fourth-order valence-electron chi connectivity index (χ4n) is 1.68. The molecule has 2 aromatic carbocycles. The molecule has 2 rings (SSSR count). The molecular formula is C14H14ClNO2. The van der Waals surface area contributed by atoms with E-state index < -0.39 is 0 Å². The minimum absolute atomic E-state index is 0.0461. The molecule has 0 spiro atoms. The SMILES string of the molecule is Cc1cccc(NCc2ccc(O)cc2O)c1Cl. The number of rotatable bonds is 3. The van der Waals surface area contributed by atoms with Crippen LogP contribution in [0.25, 0.3) is 0 Å². The lowest BCUT2D eigenvalue weighted by molar-refractivity contribution is 0.446. The van der Waals surface area contributed by atoms with Crippen LogP contribution in [0.1, 0.15) is 11.1 Å². The van der Waals surface area contributed by atoms with E-state index in [-0.39, 0.29) is 11.5 Å². The summed E-state index contributed by atoms with van der Waals surface area (Å²) in [5.41, 5.74) is 2.52. The summed E-state index contributed by atoms with van der Waals surface area (Å²) in [5, 5.41) is 22.7. The number of aryl methyl sites for hydroxylation is 1. The Hall–Kier alpha value is -1.87. The van der Waals surface area contributed by atoms with Crippen molar-refractivity contribution in [3.05, 3.63) is 52.5 Å². The van der Waals surface area contributed by atoms with Crippen molar-refractivity contribution in [3.63, 3.8) is 0 Å². The Morgan fingerprint density at radius 3 is 2.67 bits per heavy atom.